The van der Waals surface area contributed by atoms with E-state index in [9.17, 15) is 14.4 Å². The van der Waals surface area contributed by atoms with Crippen molar-refractivity contribution < 1.29 is 19.5 Å². The standard InChI is InChI=1S/C16H17N3O3.C10H11NO.2ClH/c1-11-4-2-7-14(18-11)19(10-15(20)21)16(22)13-6-3-5-12(8-13)9-17;11-10(12)9-5-4-7-2-1-3-8(7)6-9;;/h2-8H,9-10,17H2,1H3,(H,20,21);4-6H,1-3H2,(H2,11,12);2*1H. The molecule has 0 bridgehead atoms. The van der Waals surface area contributed by atoms with Gasteiger partial charge in [-0.3, -0.25) is 19.3 Å². The Balaban J connectivity index is 0.000000393. The van der Waals surface area contributed by atoms with Crippen molar-refractivity contribution in [3.05, 3.63) is 94.2 Å². The molecule has 5 N–H and O–H groups in total. The summed E-state index contributed by atoms with van der Waals surface area (Å²) in [5.74, 6) is -1.54. The minimum Gasteiger partial charge on any atom is -0.480 e. The van der Waals surface area contributed by atoms with Crippen LogP contribution in [-0.4, -0.2) is 34.4 Å². The highest BCUT2D eigenvalue weighted by Gasteiger charge is 2.21. The van der Waals surface area contributed by atoms with Gasteiger partial charge >= 0.3 is 5.97 Å². The number of fused-ring (bicyclic) bond motifs is 1. The summed E-state index contributed by atoms with van der Waals surface area (Å²) in [6.45, 7) is 1.63. The normalized spacial score (nSPS) is 11.1. The molecule has 1 aromatic heterocycles. The largest absolute Gasteiger partial charge is 0.480 e. The molecule has 3 aromatic rings. The number of anilines is 1. The highest BCUT2D eigenvalue weighted by molar-refractivity contribution is 6.07. The molecule has 0 fully saturated rings. The summed E-state index contributed by atoms with van der Waals surface area (Å²) in [7, 11) is 0. The van der Waals surface area contributed by atoms with Crippen molar-refractivity contribution >= 4 is 48.4 Å². The number of nitrogens with zero attached hydrogens (tertiary/aromatic N) is 2. The van der Waals surface area contributed by atoms with Gasteiger partial charge in [-0.2, -0.15) is 0 Å². The van der Waals surface area contributed by atoms with Crippen molar-refractivity contribution in [1.29, 1.82) is 0 Å². The number of nitrogens with two attached hydrogens (primary N) is 2. The first-order valence-corrected chi connectivity index (χ1v) is 11.0. The van der Waals surface area contributed by atoms with Crippen LogP contribution in [0.2, 0.25) is 0 Å². The summed E-state index contributed by atoms with van der Waals surface area (Å²) >= 11 is 0. The molecule has 192 valence electrons. The molecule has 0 spiro atoms. The van der Waals surface area contributed by atoms with Crippen LogP contribution in [0.15, 0.2) is 60.7 Å². The summed E-state index contributed by atoms with van der Waals surface area (Å²) in [6, 6.07) is 17.7. The molecule has 10 heteroatoms. The molecule has 2 aromatic carbocycles. The quantitative estimate of drug-likeness (QED) is 0.442. The number of hydrogen-bond donors (Lipinski definition) is 3. The fourth-order valence-corrected chi connectivity index (χ4v) is 3.78. The summed E-state index contributed by atoms with van der Waals surface area (Å²) in [5.41, 5.74) is 15.9. The van der Waals surface area contributed by atoms with Gasteiger partial charge in [-0.1, -0.05) is 24.3 Å². The number of carboxylic acid groups (broad SMARTS) is 1. The molecule has 1 aliphatic carbocycles. The fraction of sp³-hybridized carbons (Fsp3) is 0.231. The second kappa shape index (κ2) is 14.2. The Labute approximate surface area is 222 Å². The van der Waals surface area contributed by atoms with E-state index >= 15 is 0 Å². The predicted molar refractivity (Wildman–Crippen MR) is 144 cm³/mol. The number of pyridine rings is 1. The van der Waals surface area contributed by atoms with Gasteiger partial charge in [-0.05, 0) is 79.3 Å². The Hall–Kier alpha value is -3.46. The number of aromatic nitrogens is 1. The Morgan fingerprint density at radius 3 is 2.28 bits per heavy atom. The zero-order chi connectivity index (χ0) is 24.7. The molecule has 0 aliphatic heterocycles. The van der Waals surface area contributed by atoms with Crippen LogP contribution in [0.1, 0.15) is 49.5 Å². The van der Waals surface area contributed by atoms with Gasteiger partial charge in [-0.25, -0.2) is 4.98 Å². The van der Waals surface area contributed by atoms with Gasteiger partial charge in [0.2, 0.25) is 5.91 Å². The van der Waals surface area contributed by atoms with Crippen molar-refractivity contribution in [2.75, 3.05) is 11.4 Å². The summed E-state index contributed by atoms with van der Waals surface area (Å²) in [5, 5.41) is 9.07. The minimum atomic E-state index is -1.10. The van der Waals surface area contributed by atoms with Crippen molar-refractivity contribution in [2.45, 2.75) is 32.7 Å². The molecular formula is C26H30Cl2N4O4. The van der Waals surface area contributed by atoms with Crippen LogP contribution < -0.4 is 16.4 Å². The van der Waals surface area contributed by atoms with Crippen LogP contribution >= 0.6 is 24.8 Å². The fourth-order valence-electron chi connectivity index (χ4n) is 3.78. The van der Waals surface area contributed by atoms with Crippen LogP contribution in [-0.2, 0) is 24.2 Å². The predicted octanol–water partition coefficient (Wildman–Crippen LogP) is 3.70. The Kier molecular flexibility index (Phi) is 12.0. The van der Waals surface area contributed by atoms with E-state index in [0.29, 0.717) is 29.2 Å². The molecule has 0 unspecified atom stereocenters. The molecule has 0 saturated heterocycles. The van der Waals surface area contributed by atoms with E-state index in [1.807, 2.05) is 24.3 Å². The zero-order valence-corrected chi connectivity index (χ0v) is 21.5. The zero-order valence-electron chi connectivity index (χ0n) is 19.8. The van der Waals surface area contributed by atoms with E-state index in [1.165, 1.54) is 17.5 Å². The Morgan fingerprint density at radius 2 is 1.64 bits per heavy atom. The molecule has 8 nitrogen and oxygen atoms in total. The lowest BCUT2D eigenvalue weighted by Crippen LogP contribution is -2.36. The van der Waals surface area contributed by atoms with Gasteiger partial charge in [0.15, 0.2) is 0 Å². The molecule has 0 atom stereocenters. The number of amides is 2. The molecule has 0 radical (unpaired) electrons. The number of aryl methyl sites for hydroxylation is 3. The third-order valence-electron chi connectivity index (χ3n) is 5.48. The van der Waals surface area contributed by atoms with E-state index in [-0.39, 0.29) is 30.7 Å². The third-order valence-corrected chi connectivity index (χ3v) is 5.48. The highest BCUT2D eigenvalue weighted by atomic mass is 35.5. The third kappa shape index (κ3) is 8.05. The van der Waals surface area contributed by atoms with E-state index in [4.69, 9.17) is 16.6 Å². The lowest BCUT2D eigenvalue weighted by atomic mass is 10.1. The smallest absolute Gasteiger partial charge is 0.323 e. The SMILES string of the molecule is Cc1cccc(N(CC(=O)O)C(=O)c2cccc(CN)c2)n1.Cl.Cl.NC(=O)c1ccc2c(c1)CCC2. The van der Waals surface area contributed by atoms with Crippen LogP contribution in [0, 0.1) is 6.92 Å². The summed E-state index contributed by atoms with van der Waals surface area (Å²) in [6.07, 6.45) is 3.45. The second-order valence-corrected chi connectivity index (χ2v) is 8.03. The number of benzene rings is 2. The molecule has 4 rings (SSSR count). The average Bonchev–Trinajstić information content (AvgIpc) is 3.30. The maximum atomic E-state index is 12.6. The number of carbonyl (C=O) groups excluding carboxylic acids is 2. The molecule has 1 heterocycles. The van der Waals surface area contributed by atoms with Gasteiger partial charge in [0.05, 0.1) is 0 Å². The molecule has 0 saturated carbocycles. The van der Waals surface area contributed by atoms with Gasteiger partial charge in [0, 0.05) is 23.4 Å². The lowest BCUT2D eigenvalue weighted by molar-refractivity contribution is -0.135. The topological polar surface area (TPSA) is 140 Å². The van der Waals surface area contributed by atoms with E-state index in [2.05, 4.69) is 4.98 Å². The van der Waals surface area contributed by atoms with Crippen molar-refractivity contribution in [3.63, 3.8) is 0 Å². The number of carbonyl (C=O) groups is 3. The average molecular weight is 533 g/mol. The number of hydrogen-bond acceptors (Lipinski definition) is 5. The Morgan fingerprint density at radius 1 is 0.944 bits per heavy atom. The molecule has 2 amide bonds. The first-order valence-electron chi connectivity index (χ1n) is 11.0. The summed E-state index contributed by atoms with van der Waals surface area (Å²) < 4.78 is 0. The van der Waals surface area contributed by atoms with Crippen LogP contribution in [0.4, 0.5) is 5.82 Å². The van der Waals surface area contributed by atoms with Crippen LogP contribution in [0.3, 0.4) is 0 Å². The van der Waals surface area contributed by atoms with E-state index in [1.54, 1.807) is 43.3 Å². The maximum absolute atomic E-state index is 12.6. The van der Waals surface area contributed by atoms with Crippen molar-refractivity contribution in [2.24, 2.45) is 11.5 Å². The van der Waals surface area contributed by atoms with Gasteiger partial charge in [0.25, 0.3) is 5.91 Å². The van der Waals surface area contributed by atoms with E-state index in [0.717, 1.165) is 23.3 Å². The van der Waals surface area contributed by atoms with Gasteiger partial charge in [0.1, 0.15) is 12.4 Å². The Bertz CT molecular complexity index is 1220. The van der Waals surface area contributed by atoms with Gasteiger partial charge in [-0.15, -0.1) is 24.8 Å². The first-order chi connectivity index (χ1) is 16.3. The maximum Gasteiger partial charge on any atom is 0.323 e. The highest BCUT2D eigenvalue weighted by Crippen LogP contribution is 2.22. The number of carboxylic acids is 1. The number of rotatable bonds is 6. The van der Waals surface area contributed by atoms with Crippen molar-refractivity contribution in [1.82, 2.24) is 4.98 Å². The second-order valence-electron chi connectivity index (χ2n) is 8.03. The summed E-state index contributed by atoms with van der Waals surface area (Å²) in [4.78, 5) is 39.9. The number of aliphatic carboxylic acids is 1. The lowest BCUT2D eigenvalue weighted by Gasteiger charge is -2.20. The number of primary amides is 1. The van der Waals surface area contributed by atoms with Gasteiger partial charge < -0.3 is 16.6 Å². The van der Waals surface area contributed by atoms with E-state index < -0.39 is 18.4 Å². The molecular weight excluding hydrogens is 503 g/mol. The molecule has 1 aliphatic rings. The van der Waals surface area contributed by atoms with Crippen molar-refractivity contribution in [3.8, 4) is 0 Å². The monoisotopic (exact) mass is 532 g/mol. The first kappa shape index (κ1) is 30.6. The number of halogens is 2. The molecule has 36 heavy (non-hydrogen) atoms. The minimum absolute atomic E-state index is 0. The van der Waals surface area contributed by atoms with Crippen LogP contribution in [0.25, 0.3) is 0 Å². The van der Waals surface area contributed by atoms with Crippen LogP contribution in [0.5, 0.6) is 0 Å².